The predicted molar refractivity (Wildman–Crippen MR) is 47.9 cm³/mol. The molecule has 5 heteroatoms. The fourth-order valence-corrected chi connectivity index (χ4v) is 1.93. The number of nitrogens with zero attached hydrogens (tertiary/aromatic N) is 4. The Morgan fingerprint density at radius 1 is 1.69 bits per heavy atom. The lowest BCUT2D eigenvalue weighted by Crippen LogP contribution is -2.27. The molecule has 5 nitrogen and oxygen atoms in total. The molecule has 1 aliphatic heterocycles. The van der Waals surface area contributed by atoms with Crippen LogP contribution in [-0.2, 0) is 13.0 Å². The maximum Gasteiger partial charge on any atom is 0.151 e. The minimum atomic E-state index is 0.281. The smallest absolute Gasteiger partial charge is 0.151 e. The van der Waals surface area contributed by atoms with Crippen LogP contribution >= 0.6 is 0 Å². The third-order valence-electron chi connectivity index (χ3n) is 2.52. The van der Waals surface area contributed by atoms with Crippen LogP contribution in [0.1, 0.15) is 25.6 Å². The minimum absolute atomic E-state index is 0.281. The molecule has 1 aliphatic rings. The van der Waals surface area contributed by atoms with E-state index in [1.54, 1.807) is 0 Å². The van der Waals surface area contributed by atoms with Gasteiger partial charge in [-0.05, 0) is 36.1 Å². The molecule has 13 heavy (non-hydrogen) atoms. The van der Waals surface area contributed by atoms with E-state index in [-0.39, 0.29) is 6.04 Å². The zero-order valence-corrected chi connectivity index (χ0v) is 7.85. The summed E-state index contributed by atoms with van der Waals surface area (Å²) in [5, 5.41) is 11.5. The molecule has 0 spiro atoms. The third-order valence-corrected chi connectivity index (χ3v) is 2.52. The van der Waals surface area contributed by atoms with Gasteiger partial charge in [0.15, 0.2) is 5.82 Å². The lowest BCUT2D eigenvalue weighted by Gasteiger charge is -2.22. The Labute approximate surface area is 77.3 Å². The first-order valence-electron chi connectivity index (χ1n) is 4.76. The van der Waals surface area contributed by atoms with Crippen LogP contribution in [0.15, 0.2) is 0 Å². The van der Waals surface area contributed by atoms with Gasteiger partial charge in [0, 0.05) is 19.0 Å². The minimum Gasteiger partial charge on any atom is -0.328 e. The Morgan fingerprint density at radius 3 is 3.31 bits per heavy atom. The van der Waals surface area contributed by atoms with E-state index in [9.17, 15) is 0 Å². The van der Waals surface area contributed by atoms with Gasteiger partial charge in [0.05, 0.1) is 0 Å². The monoisotopic (exact) mass is 181 g/mol. The summed E-state index contributed by atoms with van der Waals surface area (Å²) in [7, 11) is 0. The molecule has 1 aromatic heterocycles. The second-order valence-electron chi connectivity index (χ2n) is 3.89. The van der Waals surface area contributed by atoms with E-state index < -0.39 is 0 Å². The SMILES string of the molecule is CC(N)CC1CCc2nnnn2C1. The quantitative estimate of drug-likeness (QED) is 0.695. The first kappa shape index (κ1) is 8.62. The van der Waals surface area contributed by atoms with E-state index in [4.69, 9.17) is 5.73 Å². The molecule has 2 atom stereocenters. The van der Waals surface area contributed by atoms with Crippen molar-refractivity contribution in [1.29, 1.82) is 0 Å². The molecule has 2 heterocycles. The van der Waals surface area contributed by atoms with Crippen molar-refractivity contribution in [2.24, 2.45) is 11.7 Å². The van der Waals surface area contributed by atoms with Gasteiger partial charge in [-0.25, -0.2) is 4.68 Å². The number of tetrazole rings is 1. The van der Waals surface area contributed by atoms with Gasteiger partial charge in [-0.15, -0.1) is 5.10 Å². The summed E-state index contributed by atoms with van der Waals surface area (Å²) in [6.07, 6.45) is 3.23. The Kier molecular flexibility index (Phi) is 2.26. The molecule has 0 amide bonds. The molecular weight excluding hydrogens is 166 g/mol. The Balaban J connectivity index is 2.00. The fraction of sp³-hybridized carbons (Fsp3) is 0.875. The average Bonchev–Trinajstić information content (AvgIpc) is 2.49. The van der Waals surface area contributed by atoms with Gasteiger partial charge in [-0.3, -0.25) is 0 Å². The zero-order valence-electron chi connectivity index (χ0n) is 7.85. The number of aromatic nitrogens is 4. The second kappa shape index (κ2) is 3.41. The van der Waals surface area contributed by atoms with E-state index in [2.05, 4.69) is 22.4 Å². The van der Waals surface area contributed by atoms with Crippen LogP contribution in [0.3, 0.4) is 0 Å². The molecule has 0 aliphatic carbocycles. The maximum absolute atomic E-state index is 5.76. The molecule has 0 saturated heterocycles. The van der Waals surface area contributed by atoms with E-state index >= 15 is 0 Å². The number of rotatable bonds is 2. The van der Waals surface area contributed by atoms with Crippen LogP contribution in [0.4, 0.5) is 0 Å². The topological polar surface area (TPSA) is 69.6 Å². The fourth-order valence-electron chi connectivity index (χ4n) is 1.93. The molecule has 0 fully saturated rings. The van der Waals surface area contributed by atoms with E-state index in [1.165, 1.54) is 6.42 Å². The summed E-state index contributed by atoms with van der Waals surface area (Å²) in [6.45, 7) is 2.99. The van der Waals surface area contributed by atoms with Gasteiger partial charge >= 0.3 is 0 Å². The van der Waals surface area contributed by atoms with Gasteiger partial charge in [0.25, 0.3) is 0 Å². The normalized spacial score (nSPS) is 24.0. The Hall–Kier alpha value is -0.970. The highest BCUT2D eigenvalue weighted by atomic mass is 15.5. The lowest BCUT2D eigenvalue weighted by molar-refractivity contribution is 0.308. The molecule has 2 rings (SSSR count). The van der Waals surface area contributed by atoms with Crippen LogP contribution in [0, 0.1) is 5.92 Å². The highest BCUT2D eigenvalue weighted by Gasteiger charge is 2.21. The molecule has 2 N–H and O–H groups in total. The largest absolute Gasteiger partial charge is 0.328 e. The van der Waals surface area contributed by atoms with Crippen LogP contribution in [0.25, 0.3) is 0 Å². The van der Waals surface area contributed by atoms with Gasteiger partial charge in [-0.1, -0.05) is 0 Å². The molecular formula is C8H15N5. The third kappa shape index (κ3) is 1.85. The summed E-state index contributed by atoms with van der Waals surface area (Å²) >= 11 is 0. The summed E-state index contributed by atoms with van der Waals surface area (Å²) in [5.74, 6) is 1.66. The highest BCUT2D eigenvalue weighted by Crippen LogP contribution is 2.20. The first-order valence-corrected chi connectivity index (χ1v) is 4.76. The van der Waals surface area contributed by atoms with Crippen molar-refractivity contribution in [3.8, 4) is 0 Å². The highest BCUT2D eigenvalue weighted by molar-refractivity contribution is 4.87. The number of aryl methyl sites for hydroxylation is 1. The molecule has 1 aromatic rings. The maximum atomic E-state index is 5.76. The number of fused-ring (bicyclic) bond motifs is 1. The number of hydrogen-bond acceptors (Lipinski definition) is 4. The van der Waals surface area contributed by atoms with Crippen LogP contribution in [0.5, 0.6) is 0 Å². The van der Waals surface area contributed by atoms with Gasteiger partial charge in [-0.2, -0.15) is 0 Å². The standard InChI is InChI=1S/C8H15N5/c1-6(9)4-7-2-3-8-10-11-12-13(8)5-7/h6-7H,2-5,9H2,1H3. The summed E-state index contributed by atoms with van der Waals surface area (Å²) in [4.78, 5) is 0. The van der Waals surface area contributed by atoms with Crippen molar-refractivity contribution >= 4 is 0 Å². The average molecular weight is 181 g/mol. The van der Waals surface area contributed by atoms with Crippen LogP contribution < -0.4 is 5.73 Å². The predicted octanol–water partition coefficient (Wildman–Crippen LogP) is -0.0272. The van der Waals surface area contributed by atoms with E-state index in [0.29, 0.717) is 5.92 Å². The van der Waals surface area contributed by atoms with Gasteiger partial charge in [0.1, 0.15) is 0 Å². The summed E-state index contributed by atoms with van der Waals surface area (Å²) in [6, 6.07) is 0.281. The first-order chi connectivity index (χ1) is 6.25. The zero-order chi connectivity index (χ0) is 9.26. The summed E-state index contributed by atoms with van der Waals surface area (Å²) < 4.78 is 1.90. The van der Waals surface area contributed by atoms with Gasteiger partial charge < -0.3 is 5.73 Å². The number of hydrogen-bond donors (Lipinski definition) is 1. The number of nitrogens with two attached hydrogens (primary N) is 1. The van der Waals surface area contributed by atoms with Crippen molar-refractivity contribution in [1.82, 2.24) is 20.2 Å². The van der Waals surface area contributed by atoms with Crippen molar-refractivity contribution in [2.45, 2.75) is 38.8 Å². The molecule has 0 radical (unpaired) electrons. The Morgan fingerprint density at radius 2 is 2.54 bits per heavy atom. The van der Waals surface area contributed by atoms with Crippen molar-refractivity contribution in [3.05, 3.63) is 5.82 Å². The molecule has 2 unspecified atom stereocenters. The molecule has 0 saturated carbocycles. The Bertz CT molecular complexity index is 280. The van der Waals surface area contributed by atoms with Crippen molar-refractivity contribution < 1.29 is 0 Å². The van der Waals surface area contributed by atoms with Crippen molar-refractivity contribution in [2.75, 3.05) is 0 Å². The molecule has 0 aromatic carbocycles. The van der Waals surface area contributed by atoms with Crippen LogP contribution in [0.2, 0.25) is 0 Å². The lowest BCUT2D eigenvalue weighted by atomic mass is 9.93. The molecule has 72 valence electrons. The summed E-state index contributed by atoms with van der Waals surface area (Å²) in [5.41, 5.74) is 5.76. The van der Waals surface area contributed by atoms with Gasteiger partial charge in [0.2, 0.25) is 0 Å². The van der Waals surface area contributed by atoms with Crippen LogP contribution in [-0.4, -0.2) is 26.2 Å². The van der Waals surface area contributed by atoms with Crippen molar-refractivity contribution in [3.63, 3.8) is 0 Å². The second-order valence-corrected chi connectivity index (χ2v) is 3.89. The van der Waals surface area contributed by atoms with E-state index in [1.807, 2.05) is 4.68 Å². The van der Waals surface area contributed by atoms with E-state index in [0.717, 1.165) is 25.2 Å². The molecule has 0 bridgehead atoms.